The lowest BCUT2D eigenvalue weighted by Gasteiger charge is -2.27. The molecule has 2 amide bonds. The number of likely N-dealkylation sites (N-methyl/N-ethyl adjacent to an activating group) is 1. The maximum absolute atomic E-state index is 11.8. The molecular weight excluding hydrogens is 230 g/mol. The number of fused-ring (bicyclic) bond motifs is 2. The number of halogens is 1. The molecule has 2 heterocycles. The van der Waals surface area contributed by atoms with E-state index in [4.69, 9.17) is 0 Å². The predicted octanol–water partition coefficient (Wildman–Crippen LogP) is -0.493. The Morgan fingerprint density at radius 3 is 2.88 bits per heavy atom. The Morgan fingerprint density at radius 2 is 2.19 bits per heavy atom. The summed E-state index contributed by atoms with van der Waals surface area (Å²) in [7, 11) is 1.76. The summed E-state index contributed by atoms with van der Waals surface area (Å²) >= 11 is 0. The minimum Gasteiger partial charge on any atom is -0.354 e. The topological polar surface area (TPSA) is 61.4 Å². The lowest BCUT2D eigenvalue weighted by Crippen LogP contribution is -2.45. The molecule has 2 N–H and O–H groups in total. The van der Waals surface area contributed by atoms with E-state index in [9.17, 15) is 9.59 Å². The Bertz CT molecular complexity index is 285. The van der Waals surface area contributed by atoms with Crippen LogP contribution in [0.2, 0.25) is 0 Å². The van der Waals surface area contributed by atoms with Gasteiger partial charge in [-0.2, -0.15) is 0 Å². The van der Waals surface area contributed by atoms with Crippen molar-refractivity contribution in [2.24, 2.45) is 0 Å². The minimum absolute atomic E-state index is 0. The highest BCUT2D eigenvalue weighted by molar-refractivity contribution is 5.85. The van der Waals surface area contributed by atoms with Gasteiger partial charge in [0.1, 0.15) is 0 Å². The summed E-state index contributed by atoms with van der Waals surface area (Å²) in [6.45, 7) is 0.978. The van der Waals surface area contributed by atoms with Crippen LogP contribution >= 0.6 is 12.4 Å². The number of amides is 2. The molecule has 2 fully saturated rings. The van der Waals surface area contributed by atoms with Gasteiger partial charge in [0.2, 0.25) is 11.8 Å². The minimum atomic E-state index is 0. The SMILES string of the molecule is CNCC(=O)N1C2CCC1CC(=O)NC2.Cl. The molecule has 0 aromatic rings. The van der Waals surface area contributed by atoms with Crippen molar-refractivity contribution in [2.45, 2.75) is 31.3 Å². The van der Waals surface area contributed by atoms with Crippen molar-refractivity contribution in [3.63, 3.8) is 0 Å². The van der Waals surface area contributed by atoms with E-state index in [-0.39, 0.29) is 36.3 Å². The molecule has 2 saturated heterocycles. The zero-order chi connectivity index (χ0) is 10.8. The van der Waals surface area contributed by atoms with E-state index in [2.05, 4.69) is 10.6 Å². The Hall–Kier alpha value is -0.810. The first-order chi connectivity index (χ1) is 7.22. The smallest absolute Gasteiger partial charge is 0.237 e. The second-order valence-corrected chi connectivity index (χ2v) is 4.22. The van der Waals surface area contributed by atoms with E-state index in [1.807, 2.05) is 4.90 Å². The molecule has 0 radical (unpaired) electrons. The Kier molecular flexibility index (Phi) is 4.56. The first kappa shape index (κ1) is 13.3. The van der Waals surface area contributed by atoms with Crippen LogP contribution in [0.4, 0.5) is 0 Å². The second kappa shape index (κ2) is 5.50. The highest BCUT2D eigenvalue weighted by Crippen LogP contribution is 2.27. The van der Waals surface area contributed by atoms with Gasteiger partial charge >= 0.3 is 0 Å². The summed E-state index contributed by atoms with van der Waals surface area (Å²) in [6.07, 6.45) is 2.44. The van der Waals surface area contributed by atoms with E-state index >= 15 is 0 Å². The maximum Gasteiger partial charge on any atom is 0.237 e. The van der Waals surface area contributed by atoms with Crippen LogP contribution in [0.15, 0.2) is 0 Å². The van der Waals surface area contributed by atoms with Crippen molar-refractivity contribution in [1.29, 1.82) is 0 Å². The van der Waals surface area contributed by atoms with Crippen molar-refractivity contribution in [3.05, 3.63) is 0 Å². The third-order valence-corrected chi connectivity index (χ3v) is 3.19. The molecule has 0 aromatic heterocycles. The highest BCUT2D eigenvalue weighted by atomic mass is 35.5. The Balaban J connectivity index is 0.00000128. The molecule has 0 spiro atoms. The molecule has 92 valence electrons. The molecule has 2 rings (SSSR count). The van der Waals surface area contributed by atoms with Gasteiger partial charge in [0.15, 0.2) is 0 Å². The van der Waals surface area contributed by atoms with Gasteiger partial charge in [-0.25, -0.2) is 0 Å². The largest absolute Gasteiger partial charge is 0.354 e. The standard InChI is InChI=1S/C10H17N3O2.ClH/c1-11-6-10(15)13-7-2-3-8(13)5-12-9(14)4-7;/h7-8,11H,2-6H2,1H3,(H,12,14);1H. The van der Waals surface area contributed by atoms with E-state index in [1.54, 1.807) is 7.05 Å². The van der Waals surface area contributed by atoms with E-state index in [0.717, 1.165) is 12.8 Å². The zero-order valence-corrected chi connectivity index (χ0v) is 10.2. The average molecular weight is 248 g/mol. The number of rotatable bonds is 2. The van der Waals surface area contributed by atoms with Crippen LogP contribution in [0.1, 0.15) is 19.3 Å². The van der Waals surface area contributed by atoms with Crippen molar-refractivity contribution in [1.82, 2.24) is 15.5 Å². The fraction of sp³-hybridized carbons (Fsp3) is 0.800. The quantitative estimate of drug-likeness (QED) is 0.692. The highest BCUT2D eigenvalue weighted by Gasteiger charge is 2.39. The zero-order valence-electron chi connectivity index (χ0n) is 9.36. The van der Waals surface area contributed by atoms with Gasteiger partial charge in [-0.1, -0.05) is 0 Å². The van der Waals surface area contributed by atoms with Crippen LogP contribution in [0, 0.1) is 0 Å². The number of carbonyl (C=O) groups is 2. The van der Waals surface area contributed by atoms with Gasteiger partial charge in [-0.05, 0) is 19.9 Å². The third-order valence-electron chi connectivity index (χ3n) is 3.19. The third kappa shape index (κ3) is 2.47. The molecule has 5 nitrogen and oxygen atoms in total. The van der Waals surface area contributed by atoms with Crippen LogP contribution < -0.4 is 10.6 Å². The molecule has 2 aliphatic heterocycles. The fourth-order valence-corrected chi connectivity index (χ4v) is 2.53. The molecule has 2 aliphatic rings. The Labute approximate surface area is 101 Å². The number of hydrogen-bond donors (Lipinski definition) is 2. The van der Waals surface area contributed by atoms with Crippen LogP contribution in [-0.2, 0) is 9.59 Å². The van der Waals surface area contributed by atoms with Crippen molar-refractivity contribution >= 4 is 24.2 Å². The molecule has 0 aliphatic carbocycles. The predicted molar refractivity (Wildman–Crippen MR) is 62.5 cm³/mol. The van der Waals surface area contributed by atoms with Crippen LogP contribution in [0.3, 0.4) is 0 Å². The molecule has 6 heteroatoms. The first-order valence-electron chi connectivity index (χ1n) is 5.45. The fourth-order valence-electron chi connectivity index (χ4n) is 2.53. The molecule has 2 unspecified atom stereocenters. The summed E-state index contributed by atoms with van der Waals surface area (Å²) in [5, 5.41) is 5.72. The summed E-state index contributed by atoms with van der Waals surface area (Å²) in [5.41, 5.74) is 0. The lowest BCUT2D eigenvalue weighted by atomic mass is 10.1. The molecule has 16 heavy (non-hydrogen) atoms. The number of carbonyl (C=O) groups excluding carboxylic acids is 2. The summed E-state index contributed by atoms with van der Waals surface area (Å²) in [4.78, 5) is 25.1. The maximum atomic E-state index is 11.8. The Morgan fingerprint density at radius 1 is 1.50 bits per heavy atom. The normalized spacial score (nSPS) is 28.1. The molecule has 0 aromatic carbocycles. The van der Waals surface area contributed by atoms with Crippen LogP contribution in [0.5, 0.6) is 0 Å². The van der Waals surface area contributed by atoms with E-state index < -0.39 is 0 Å². The van der Waals surface area contributed by atoms with Gasteiger partial charge in [0.05, 0.1) is 6.54 Å². The lowest BCUT2D eigenvalue weighted by molar-refractivity contribution is -0.132. The van der Waals surface area contributed by atoms with Gasteiger partial charge in [0, 0.05) is 25.0 Å². The molecule has 2 bridgehead atoms. The monoisotopic (exact) mass is 247 g/mol. The van der Waals surface area contributed by atoms with E-state index in [0.29, 0.717) is 19.5 Å². The van der Waals surface area contributed by atoms with Crippen molar-refractivity contribution in [3.8, 4) is 0 Å². The number of hydrogen-bond acceptors (Lipinski definition) is 3. The van der Waals surface area contributed by atoms with E-state index in [1.165, 1.54) is 0 Å². The summed E-state index contributed by atoms with van der Waals surface area (Å²) in [6, 6.07) is 0.334. The van der Waals surface area contributed by atoms with Gasteiger partial charge < -0.3 is 15.5 Å². The average Bonchev–Trinajstić information content (AvgIpc) is 2.49. The first-order valence-corrected chi connectivity index (χ1v) is 5.45. The summed E-state index contributed by atoms with van der Waals surface area (Å²) in [5.74, 6) is 0.186. The van der Waals surface area contributed by atoms with Crippen LogP contribution in [0.25, 0.3) is 0 Å². The molecular formula is C10H18ClN3O2. The number of nitrogens with zero attached hydrogens (tertiary/aromatic N) is 1. The van der Waals surface area contributed by atoms with Gasteiger partial charge in [-0.15, -0.1) is 12.4 Å². The van der Waals surface area contributed by atoms with Crippen molar-refractivity contribution in [2.75, 3.05) is 20.1 Å². The second-order valence-electron chi connectivity index (χ2n) is 4.22. The van der Waals surface area contributed by atoms with Gasteiger partial charge in [0.25, 0.3) is 0 Å². The summed E-state index contributed by atoms with van der Waals surface area (Å²) < 4.78 is 0. The molecule has 2 atom stereocenters. The van der Waals surface area contributed by atoms with Crippen LogP contribution in [-0.4, -0.2) is 48.9 Å². The van der Waals surface area contributed by atoms with Gasteiger partial charge in [-0.3, -0.25) is 9.59 Å². The molecule has 0 saturated carbocycles. The number of nitrogens with one attached hydrogen (secondary N) is 2. The van der Waals surface area contributed by atoms with Crippen molar-refractivity contribution < 1.29 is 9.59 Å².